The van der Waals surface area contributed by atoms with Crippen LogP contribution >= 0.6 is 0 Å². The molecule has 0 spiro atoms. The summed E-state index contributed by atoms with van der Waals surface area (Å²) in [5.74, 6) is 2.12. The summed E-state index contributed by atoms with van der Waals surface area (Å²) in [5, 5.41) is 6.46. The molecule has 1 aliphatic carbocycles. The van der Waals surface area contributed by atoms with Crippen LogP contribution in [0.15, 0.2) is 36.7 Å². The highest BCUT2D eigenvalue weighted by Crippen LogP contribution is 2.28. The topological polar surface area (TPSA) is 70.2 Å². The first-order chi connectivity index (χ1) is 14.6. The van der Waals surface area contributed by atoms with E-state index >= 15 is 0 Å². The maximum absolute atomic E-state index is 13.1. The number of rotatable bonds is 8. The maximum atomic E-state index is 13.1. The van der Waals surface area contributed by atoms with E-state index in [0.717, 1.165) is 49.6 Å². The molecule has 2 heterocycles. The van der Waals surface area contributed by atoms with Crippen molar-refractivity contribution >= 4 is 17.5 Å². The number of hydrogen-bond donors (Lipinski definition) is 2. The lowest BCUT2D eigenvalue weighted by atomic mass is 9.93. The lowest BCUT2D eigenvalue weighted by molar-refractivity contribution is -0.122. The molecule has 6 nitrogen and oxygen atoms in total. The van der Waals surface area contributed by atoms with E-state index in [9.17, 15) is 9.18 Å². The summed E-state index contributed by atoms with van der Waals surface area (Å²) in [7, 11) is 0. The van der Waals surface area contributed by atoms with Crippen LogP contribution in [0.25, 0.3) is 0 Å². The predicted molar refractivity (Wildman–Crippen MR) is 116 cm³/mol. The summed E-state index contributed by atoms with van der Waals surface area (Å²) >= 11 is 0. The minimum atomic E-state index is -0.266. The summed E-state index contributed by atoms with van der Waals surface area (Å²) in [6, 6.07) is 8.76. The molecular formula is C23H30FN5O. The molecule has 1 aliphatic heterocycles. The molecule has 1 saturated carbocycles. The molecule has 1 amide bonds. The van der Waals surface area contributed by atoms with Gasteiger partial charge in [0, 0.05) is 31.6 Å². The predicted octanol–water partition coefficient (Wildman–Crippen LogP) is 4.06. The number of carbonyl (C=O) groups is 1. The Morgan fingerprint density at radius 2 is 2.03 bits per heavy atom. The molecule has 30 heavy (non-hydrogen) atoms. The smallest absolute Gasteiger partial charge is 0.220 e. The van der Waals surface area contributed by atoms with Gasteiger partial charge < -0.3 is 15.5 Å². The molecule has 1 aromatic carbocycles. The van der Waals surface area contributed by atoms with Gasteiger partial charge in [0.1, 0.15) is 23.8 Å². The third-order valence-electron chi connectivity index (χ3n) is 5.95. The third kappa shape index (κ3) is 5.68. The molecule has 2 aromatic rings. The zero-order chi connectivity index (χ0) is 20.9. The van der Waals surface area contributed by atoms with Gasteiger partial charge in [0.05, 0.1) is 6.04 Å². The lowest BCUT2D eigenvalue weighted by Crippen LogP contribution is -2.36. The molecule has 0 bridgehead atoms. The number of amides is 1. The zero-order valence-corrected chi connectivity index (χ0v) is 17.5. The van der Waals surface area contributed by atoms with E-state index in [2.05, 4.69) is 25.5 Å². The number of halogens is 1. The Labute approximate surface area is 177 Å². The van der Waals surface area contributed by atoms with Crippen LogP contribution < -0.4 is 15.5 Å². The number of hydrogen-bond acceptors (Lipinski definition) is 5. The van der Waals surface area contributed by atoms with E-state index < -0.39 is 0 Å². The van der Waals surface area contributed by atoms with E-state index in [1.165, 1.54) is 25.0 Å². The Kier molecular flexibility index (Phi) is 6.45. The van der Waals surface area contributed by atoms with Crippen LogP contribution in [0.2, 0.25) is 0 Å². The van der Waals surface area contributed by atoms with Gasteiger partial charge in [0.15, 0.2) is 0 Å². The van der Waals surface area contributed by atoms with Crippen LogP contribution in [0.5, 0.6) is 0 Å². The molecule has 2 N–H and O–H groups in total. The Balaban J connectivity index is 1.25. The second kappa shape index (κ2) is 9.41. The quantitative estimate of drug-likeness (QED) is 0.685. The van der Waals surface area contributed by atoms with Gasteiger partial charge in [-0.15, -0.1) is 0 Å². The lowest BCUT2D eigenvalue weighted by Gasteiger charge is -2.33. The Bertz CT molecular complexity index is 855. The number of nitrogens with one attached hydrogen (secondary N) is 2. The molecule has 0 unspecified atom stereocenters. The molecule has 0 radical (unpaired) electrons. The summed E-state index contributed by atoms with van der Waals surface area (Å²) in [6.07, 6.45) is 7.66. The highest BCUT2D eigenvalue weighted by Gasteiger charge is 2.24. The van der Waals surface area contributed by atoms with Crippen LogP contribution in [0, 0.1) is 11.7 Å². The highest BCUT2D eigenvalue weighted by molar-refractivity contribution is 5.76. The second-order valence-electron chi connectivity index (χ2n) is 8.51. The minimum Gasteiger partial charge on any atom is -0.367 e. The van der Waals surface area contributed by atoms with Gasteiger partial charge in [-0.25, -0.2) is 14.4 Å². The molecule has 160 valence electrons. The first kappa shape index (κ1) is 20.6. The van der Waals surface area contributed by atoms with Gasteiger partial charge in [-0.3, -0.25) is 4.79 Å². The first-order valence-corrected chi connectivity index (χ1v) is 10.9. The molecule has 2 aliphatic rings. The van der Waals surface area contributed by atoms with E-state index in [-0.39, 0.29) is 17.8 Å². The van der Waals surface area contributed by atoms with Gasteiger partial charge >= 0.3 is 0 Å². The Morgan fingerprint density at radius 3 is 2.80 bits per heavy atom. The van der Waals surface area contributed by atoms with Crippen molar-refractivity contribution in [3.8, 4) is 0 Å². The van der Waals surface area contributed by atoms with Gasteiger partial charge in [-0.05, 0) is 62.6 Å². The van der Waals surface area contributed by atoms with Crippen molar-refractivity contribution in [2.24, 2.45) is 5.92 Å². The minimum absolute atomic E-state index is 0.0434. The number of benzene rings is 1. The van der Waals surface area contributed by atoms with Crippen LogP contribution in [-0.2, 0) is 4.79 Å². The second-order valence-corrected chi connectivity index (χ2v) is 8.51. The first-order valence-electron chi connectivity index (χ1n) is 10.9. The molecule has 1 saturated heterocycles. The molecule has 2 atom stereocenters. The number of nitrogens with zero attached hydrogens (tertiary/aromatic N) is 3. The SMILES string of the molecule is C[C@@H](NC(=O)CC[C@@H]1CCCN(c2cc(NC3CC3)ncn2)C1)c1ccc(F)cc1. The van der Waals surface area contributed by atoms with Crippen molar-refractivity contribution in [2.75, 3.05) is 23.3 Å². The van der Waals surface area contributed by atoms with Crippen molar-refractivity contribution in [3.63, 3.8) is 0 Å². The van der Waals surface area contributed by atoms with Crippen LogP contribution in [0.4, 0.5) is 16.0 Å². The van der Waals surface area contributed by atoms with Crippen molar-refractivity contribution in [2.45, 2.75) is 57.5 Å². The fourth-order valence-corrected chi connectivity index (χ4v) is 4.03. The number of piperidine rings is 1. The average molecular weight is 412 g/mol. The van der Waals surface area contributed by atoms with E-state index in [4.69, 9.17) is 0 Å². The average Bonchev–Trinajstić information content (AvgIpc) is 3.57. The summed E-state index contributed by atoms with van der Waals surface area (Å²) < 4.78 is 13.1. The highest BCUT2D eigenvalue weighted by atomic mass is 19.1. The van der Waals surface area contributed by atoms with Crippen molar-refractivity contribution in [1.29, 1.82) is 0 Å². The molecule has 2 fully saturated rings. The number of anilines is 2. The molecule has 1 aromatic heterocycles. The van der Waals surface area contributed by atoms with Crippen molar-refractivity contribution in [3.05, 3.63) is 48.0 Å². The van der Waals surface area contributed by atoms with Crippen molar-refractivity contribution < 1.29 is 9.18 Å². The maximum Gasteiger partial charge on any atom is 0.220 e. The van der Waals surface area contributed by atoms with Crippen LogP contribution in [0.1, 0.15) is 57.1 Å². The van der Waals surface area contributed by atoms with E-state index in [0.29, 0.717) is 18.4 Å². The standard InChI is InChI=1S/C23H30FN5O/c1-16(18-5-7-19(24)8-6-18)27-23(30)11-4-17-3-2-12-29(14-17)22-13-21(25-15-26-22)28-20-9-10-20/h5-8,13,15-17,20H,2-4,9-12,14H2,1H3,(H,27,30)(H,25,26,28)/t16-,17+/m1/s1. The van der Waals surface area contributed by atoms with Crippen LogP contribution in [0.3, 0.4) is 0 Å². The molecular weight excluding hydrogens is 381 g/mol. The number of aromatic nitrogens is 2. The zero-order valence-electron chi connectivity index (χ0n) is 17.5. The summed E-state index contributed by atoms with van der Waals surface area (Å²) in [5.41, 5.74) is 0.910. The van der Waals surface area contributed by atoms with Gasteiger partial charge in [-0.1, -0.05) is 12.1 Å². The van der Waals surface area contributed by atoms with E-state index in [1.54, 1.807) is 18.5 Å². The van der Waals surface area contributed by atoms with Crippen LogP contribution in [-0.4, -0.2) is 35.0 Å². The summed E-state index contributed by atoms with van der Waals surface area (Å²) in [6.45, 7) is 3.83. The molecule has 7 heteroatoms. The number of carbonyl (C=O) groups excluding carboxylic acids is 1. The van der Waals surface area contributed by atoms with Gasteiger partial charge in [0.2, 0.25) is 5.91 Å². The Hall–Kier alpha value is -2.70. The van der Waals surface area contributed by atoms with E-state index in [1.807, 2.05) is 13.0 Å². The fourth-order valence-electron chi connectivity index (χ4n) is 4.03. The van der Waals surface area contributed by atoms with Crippen molar-refractivity contribution in [1.82, 2.24) is 15.3 Å². The normalized spacial score (nSPS) is 19.9. The van der Waals surface area contributed by atoms with Gasteiger partial charge in [0.25, 0.3) is 0 Å². The van der Waals surface area contributed by atoms with Gasteiger partial charge in [-0.2, -0.15) is 0 Å². The fraction of sp³-hybridized carbons (Fsp3) is 0.522. The molecule has 4 rings (SSSR count). The summed E-state index contributed by atoms with van der Waals surface area (Å²) in [4.78, 5) is 23.5. The Morgan fingerprint density at radius 1 is 1.23 bits per heavy atom. The third-order valence-corrected chi connectivity index (χ3v) is 5.95. The largest absolute Gasteiger partial charge is 0.367 e. The monoisotopic (exact) mass is 411 g/mol.